The molecule has 1 heterocycles. The van der Waals surface area contributed by atoms with E-state index in [1.807, 2.05) is 19.9 Å². The minimum Gasteiger partial charge on any atom is -0.336 e. The second-order valence-corrected chi connectivity index (χ2v) is 5.01. The first-order valence-corrected chi connectivity index (χ1v) is 6.40. The average molecular weight is 250 g/mol. The van der Waals surface area contributed by atoms with Gasteiger partial charge in [0, 0.05) is 12.6 Å². The summed E-state index contributed by atoms with van der Waals surface area (Å²) in [4.78, 5) is 13.8. The highest BCUT2D eigenvalue weighted by Crippen LogP contribution is 2.32. The maximum atomic E-state index is 13.2. The van der Waals surface area contributed by atoms with E-state index < -0.39 is 0 Å². The number of carbonyl (C=O) groups excluding carboxylic acids is 1. The summed E-state index contributed by atoms with van der Waals surface area (Å²) in [5.74, 6) is -0.247. The summed E-state index contributed by atoms with van der Waals surface area (Å²) in [6.45, 7) is 4.61. The predicted octanol–water partition coefficient (Wildman–Crippen LogP) is 3.08. The number of halogens is 1. The first-order valence-electron chi connectivity index (χ1n) is 6.40. The lowest BCUT2D eigenvalue weighted by Gasteiger charge is -2.26. The predicted molar refractivity (Wildman–Crippen MR) is 68.7 cm³/mol. The lowest BCUT2D eigenvalue weighted by molar-refractivity contribution is 0.190. The topological polar surface area (TPSA) is 32.3 Å². The van der Waals surface area contributed by atoms with Crippen LogP contribution >= 0.6 is 0 Å². The van der Waals surface area contributed by atoms with Crippen molar-refractivity contribution in [2.45, 2.75) is 38.8 Å². The van der Waals surface area contributed by atoms with Gasteiger partial charge in [-0.15, -0.1) is 0 Å². The minimum atomic E-state index is -0.247. The third kappa shape index (κ3) is 2.81. The zero-order valence-corrected chi connectivity index (χ0v) is 10.8. The molecule has 1 unspecified atom stereocenters. The van der Waals surface area contributed by atoms with E-state index in [4.69, 9.17) is 0 Å². The van der Waals surface area contributed by atoms with Gasteiger partial charge >= 0.3 is 6.03 Å². The molecule has 2 amide bonds. The van der Waals surface area contributed by atoms with Crippen molar-refractivity contribution in [1.29, 1.82) is 0 Å². The van der Waals surface area contributed by atoms with Crippen LogP contribution in [0.25, 0.3) is 0 Å². The molecule has 0 aromatic heterocycles. The molecule has 0 radical (unpaired) electrons. The minimum absolute atomic E-state index is 0.000509. The van der Waals surface area contributed by atoms with Gasteiger partial charge in [0.15, 0.2) is 0 Å². The van der Waals surface area contributed by atoms with Crippen LogP contribution < -0.4 is 5.32 Å². The molecule has 0 aliphatic carbocycles. The number of nitrogens with one attached hydrogen (secondary N) is 1. The number of rotatable bonds is 2. The van der Waals surface area contributed by atoms with Crippen LogP contribution in [0.15, 0.2) is 24.3 Å². The van der Waals surface area contributed by atoms with Crippen LogP contribution in [-0.2, 0) is 0 Å². The Morgan fingerprint density at radius 1 is 1.50 bits per heavy atom. The van der Waals surface area contributed by atoms with Crippen molar-refractivity contribution in [2.75, 3.05) is 6.54 Å². The molecule has 1 fully saturated rings. The largest absolute Gasteiger partial charge is 0.336 e. The third-order valence-electron chi connectivity index (χ3n) is 3.16. The average Bonchev–Trinajstić information content (AvgIpc) is 2.76. The van der Waals surface area contributed by atoms with Crippen molar-refractivity contribution in [2.24, 2.45) is 0 Å². The summed E-state index contributed by atoms with van der Waals surface area (Å²) >= 11 is 0. The molecule has 1 aliphatic heterocycles. The molecule has 1 aliphatic rings. The highest BCUT2D eigenvalue weighted by Gasteiger charge is 2.30. The van der Waals surface area contributed by atoms with Crippen LogP contribution in [0, 0.1) is 5.82 Å². The van der Waals surface area contributed by atoms with Crippen LogP contribution in [0.4, 0.5) is 9.18 Å². The summed E-state index contributed by atoms with van der Waals surface area (Å²) in [6.07, 6.45) is 1.86. The lowest BCUT2D eigenvalue weighted by Crippen LogP contribution is -2.42. The Labute approximate surface area is 107 Å². The van der Waals surface area contributed by atoms with Gasteiger partial charge in [-0.25, -0.2) is 9.18 Å². The molecule has 4 heteroatoms. The Kier molecular flexibility index (Phi) is 3.84. The van der Waals surface area contributed by atoms with E-state index in [9.17, 15) is 9.18 Å². The van der Waals surface area contributed by atoms with Crippen molar-refractivity contribution in [1.82, 2.24) is 10.2 Å². The number of carbonyl (C=O) groups is 1. The number of hydrogen-bond donors (Lipinski definition) is 1. The molecule has 1 aromatic rings. The fourth-order valence-electron chi connectivity index (χ4n) is 2.40. The monoisotopic (exact) mass is 250 g/mol. The van der Waals surface area contributed by atoms with Gasteiger partial charge in [-0.05, 0) is 44.4 Å². The molecule has 1 N–H and O–H groups in total. The molecule has 2 rings (SSSR count). The van der Waals surface area contributed by atoms with Crippen LogP contribution in [0.2, 0.25) is 0 Å². The number of amides is 2. The van der Waals surface area contributed by atoms with Crippen LogP contribution in [0.3, 0.4) is 0 Å². The Morgan fingerprint density at radius 3 is 2.94 bits per heavy atom. The molecule has 98 valence electrons. The fraction of sp³-hybridized carbons (Fsp3) is 0.500. The lowest BCUT2D eigenvalue weighted by atomic mass is 10.0. The Balaban J connectivity index is 2.14. The van der Waals surface area contributed by atoms with Gasteiger partial charge in [0.25, 0.3) is 0 Å². The van der Waals surface area contributed by atoms with Crippen molar-refractivity contribution >= 4 is 6.03 Å². The fourth-order valence-corrected chi connectivity index (χ4v) is 2.40. The van der Waals surface area contributed by atoms with Crippen LogP contribution in [0.5, 0.6) is 0 Å². The van der Waals surface area contributed by atoms with E-state index in [-0.39, 0.29) is 23.9 Å². The van der Waals surface area contributed by atoms with Crippen molar-refractivity contribution < 1.29 is 9.18 Å². The van der Waals surface area contributed by atoms with Gasteiger partial charge in [-0.2, -0.15) is 0 Å². The SMILES string of the molecule is CC(C)NC(=O)N1CCCC1c1cccc(F)c1. The molecule has 0 spiro atoms. The van der Waals surface area contributed by atoms with Crippen molar-refractivity contribution in [3.05, 3.63) is 35.6 Å². The second kappa shape index (κ2) is 5.38. The van der Waals surface area contributed by atoms with E-state index in [2.05, 4.69) is 5.32 Å². The Morgan fingerprint density at radius 2 is 2.28 bits per heavy atom. The third-order valence-corrected chi connectivity index (χ3v) is 3.16. The molecule has 1 saturated heterocycles. The first kappa shape index (κ1) is 12.9. The van der Waals surface area contributed by atoms with Gasteiger partial charge in [-0.3, -0.25) is 0 Å². The van der Waals surface area contributed by atoms with Crippen LogP contribution in [0.1, 0.15) is 38.3 Å². The summed E-state index contributed by atoms with van der Waals surface area (Å²) < 4.78 is 13.2. The molecule has 1 aromatic carbocycles. The highest BCUT2D eigenvalue weighted by molar-refractivity contribution is 5.75. The van der Waals surface area contributed by atoms with E-state index in [0.717, 1.165) is 24.9 Å². The smallest absolute Gasteiger partial charge is 0.318 e. The van der Waals surface area contributed by atoms with E-state index in [0.29, 0.717) is 0 Å². The first-order chi connectivity index (χ1) is 8.58. The summed E-state index contributed by atoms with van der Waals surface area (Å²) in [5.41, 5.74) is 0.881. The molecule has 1 atom stereocenters. The second-order valence-electron chi connectivity index (χ2n) is 5.01. The van der Waals surface area contributed by atoms with Crippen LogP contribution in [-0.4, -0.2) is 23.5 Å². The number of hydrogen-bond acceptors (Lipinski definition) is 1. The zero-order valence-electron chi connectivity index (χ0n) is 10.8. The molecule has 3 nitrogen and oxygen atoms in total. The standard InChI is InChI=1S/C14H19FN2O/c1-10(2)16-14(18)17-8-4-7-13(17)11-5-3-6-12(15)9-11/h3,5-6,9-10,13H,4,7-8H2,1-2H3,(H,16,18). The van der Waals surface area contributed by atoms with Gasteiger partial charge < -0.3 is 10.2 Å². The normalized spacial score (nSPS) is 19.3. The number of urea groups is 1. The highest BCUT2D eigenvalue weighted by atomic mass is 19.1. The summed E-state index contributed by atoms with van der Waals surface area (Å²) in [7, 11) is 0. The molecule has 0 saturated carbocycles. The Hall–Kier alpha value is -1.58. The van der Waals surface area contributed by atoms with Gasteiger partial charge in [0.1, 0.15) is 5.82 Å². The van der Waals surface area contributed by atoms with Gasteiger partial charge in [0.05, 0.1) is 6.04 Å². The summed E-state index contributed by atoms with van der Waals surface area (Å²) in [6, 6.07) is 6.58. The molecule has 18 heavy (non-hydrogen) atoms. The molecular formula is C14H19FN2O. The van der Waals surface area contributed by atoms with E-state index in [1.165, 1.54) is 12.1 Å². The van der Waals surface area contributed by atoms with E-state index >= 15 is 0 Å². The quantitative estimate of drug-likeness (QED) is 0.859. The van der Waals surface area contributed by atoms with E-state index in [1.54, 1.807) is 11.0 Å². The van der Waals surface area contributed by atoms with Crippen molar-refractivity contribution in [3.63, 3.8) is 0 Å². The van der Waals surface area contributed by atoms with Gasteiger partial charge in [0.2, 0.25) is 0 Å². The van der Waals surface area contributed by atoms with Gasteiger partial charge in [-0.1, -0.05) is 12.1 Å². The number of nitrogens with zero attached hydrogens (tertiary/aromatic N) is 1. The molecular weight excluding hydrogens is 231 g/mol. The molecule has 0 bridgehead atoms. The summed E-state index contributed by atoms with van der Waals surface area (Å²) in [5, 5.41) is 2.89. The maximum Gasteiger partial charge on any atom is 0.318 e. The number of benzene rings is 1. The number of likely N-dealkylation sites (tertiary alicyclic amines) is 1. The Bertz CT molecular complexity index is 434. The van der Waals surface area contributed by atoms with Crippen molar-refractivity contribution in [3.8, 4) is 0 Å². The zero-order chi connectivity index (χ0) is 13.1. The maximum absolute atomic E-state index is 13.2.